The molecular weight excluding hydrogens is 115 g/mol. The van der Waals surface area contributed by atoms with Gasteiger partial charge >= 0.3 is 0 Å². The van der Waals surface area contributed by atoms with E-state index in [0.29, 0.717) is 0 Å². The van der Waals surface area contributed by atoms with Crippen molar-refractivity contribution in [3.63, 3.8) is 0 Å². The average molecular weight is 127 g/mol. The van der Waals surface area contributed by atoms with E-state index in [1.54, 1.807) is 5.57 Å². The summed E-state index contributed by atoms with van der Waals surface area (Å²) in [5.74, 6) is 0.940. The van der Waals surface area contributed by atoms with E-state index in [2.05, 4.69) is 18.2 Å². The molecule has 0 aliphatic heterocycles. The van der Waals surface area contributed by atoms with Gasteiger partial charge in [-0.2, -0.15) is 0 Å². The second-order valence-electron chi connectivity index (χ2n) is 2.99. The molecule has 10 heavy (non-hydrogen) atoms. The SMILES string of the molecule is C1=CCC2CCCC2=C1.[Li]. The van der Waals surface area contributed by atoms with Gasteiger partial charge in [0.15, 0.2) is 0 Å². The minimum Gasteiger partial charge on any atom is -0.0839 e. The Morgan fingerprint density at radius 1 is 1.40 bits per heavy atom. The Hall–Kier alpha value is 0.0774. The second-order valence-corrected chi connectivity index (χ2v) is 2.99. The third kappa shape index (κ3) is 1.39. The van der Waals surface area contributed by atoms with Gasteiger partial charge in [-0.05, 0) is 31.6 Å². The first kappa shape index (κ1) is 8.18. The zero-order chi connectivity index (χ0) is 6.10. The Labute approximate surface area is 74.6 Å². The van der Waals surface area contributed by atoms with Crippen molar-refractivity contribution in [2.24, 2.45) is 5.92 Å². The molecule has 0 bridgehead atoms. The summed E-state index contributed by atoms with van der Waals surface area (Å²) < 4.78 is 0. The molecule has 0 aromatic carbocycles. The first-order valence-corrected chi connectivity index (χ1v) is 3.82. The Morgan fingerprint density at radius 2 is 2.30 bits per heavy atom. The van der Waals surface area contributed by atoms with Gasteiger partial charge in [-0.1, -0.05) is 23.8 Å². The molecule has 2 rings (SSSR count). The van der Waals surface area contributed by atoms with Crippen LogP contribution in [0.25, 0.3) is 0 Å². The van der Waals surface area contributed by atoms with Gasteiger partial charge in [-0.3, -0.25) is 0 Å². The van der Waals surface area contributed by atoms with E-state index < -0.39 is 0 Å². The zero-order valence-electron chi connectivity index (χ0n) is 6.64. The quantitative estimate of drug-likeness (QED) is 0.438. The fourth-order valence-corrected chi connectivity index (χ4v) is 1.87. The van der Waals surface area contributed by atoms with Crippen LogP contribution in [0, 0.1) is 5.92 Å². The van der Waals surface area contributed by atoms with E-state index >= 15 is 0 Å². The summed E-state index contributed by atoms with van der Waals surface area (Å²) in [5.41, 5.74) is 1.71. The van der Waals surface area contributed by atoms with Crippen molar-refractivity contribution in [3.8, 4) is 0 Å². The Balaban J connectivity index is 0.000000500. The normalized spacial score (nSPS) is 28.8. The summed E-state index contributed by atoms with van der Waals surface area (Å²) in [6.45, 7) is 0. The van der Waals surface area contributed by atoms with Crippen molar-refractivity contribution in [2.75, 3.05) is 0 Å². The molecule has 1 saturated carbocycles. The third-order valence-corrected chi connectivity index (χ3v) is 2.41. The number of allylic oxidation sites excluding steroid dienone is 4. The molecule has 2 aliphatic rings. The molecule has 1 atom stereocenters. The van der Waals surface area contributed by atoms with Crippen molar-refractivity contribution in [1.29, 1.82) is 0 Å². The van der Waals surface area contributed by atoms with Gasteiger partial charge in [-0.15, -0.1) is 0 Å². The smallest absolute Gasteiger partial charge is 0 e. The summed E-state index contributed by atoms with van der Waals surface area (Å²) in [4.78, 5) is 0. The van der Waals surface area contributed by atoms with Crippen LogP contribution in [-0.4, -0.2) is 18.9 Å². The van der Waals surface area contributed by atoms with Crippen LogP contribution in [0.4, 0.5) is 0 Å². The first-order valence-electron chi connectivity index (χ1n) is 3.82. The molecule has 1 radical (unpaired) electrons. The fourth-order valence-electron chi connectivity index (χ4n) is 1.87. The third-order valence-electron chi connectivity index (χ3n) is 2.41. The Kier molecular flexibility index (Phi) is 2.83. The van der Waals surface area contributed by atoms with E-state index in [1.807, 2.05) is 0 Å². The Bertz CT molecular complexity index is 168. The Morgan fingerprint density at radius 3 is 3.10 bits per heavy atom. The van der Waals surface area contributed by atoms with Crippen molar-refractivity contribution in [2.45, 2.75) is 25.7 Å². The predicted molar refractivity (Wildman–Crippen MR) is 44.9 cm³/mol. The number of rotatable bonds is 0. The van der Waals surface area contributed by atoms with Crippen LogP contribution in [-0.2, 0) is 0 Å². The van der Waals surface area contributed by atoms with Gasteiger partial charge in [-0.25, -0.2) is 0 Å². The van der Waals surface area contributed by atoms with Gasteiger partial charge < -0.3 is 0 Å². The van der Waals surface area contributed by atoms with E-state index in [1.165, 1.54) is 25.7 Å². The van der Waals surface area contributed by atoms with E-state index in [-0.39, 0.29) is 18.9 Å². The standard InChI is InChI=1S/C9H12.Li/c1-2-5-9-7-3-6-8(9)4-1;/h1-2,4,9H,3,5-7H2;. The largest absolute Gasteiger partial charge is 0.0839 e. The minimum atomic E-state index is 0. The van der Waals surface area contributed by atoms with Crippen LogP contribution in [0.15, 0.2) is 23.8 Å². The van der Waals surface area contributed by atoms with Crippen LogP contribution in [0.5, 0.6) is 0 Å². The van der Waals surface area contributed by atoms with Gasteiger partial charge in [0.05, 0.1) is 0 Å². The minimum absolute atomic E-state index is 0. The molecule has 0 nitrogen and oxygen atoms in total. The number of hydrogen-bond donors (Lipinski definition) is 0. The molecule has 1 unspecified atom stereocenters. The monoisotopic (exact) mass is 127 g/mol. The molecule has 2 aliphatic carbocycles. The topological polar surface area (TPSA) is 0 Å². The maximum Gasteiger partial charge on any atom is 0 e. The molecule has 49 valence electrons. The van der Waals surface area contributed by atoms with Gasteiger partial charge in [0.25, 0.3) is 0 Å². The van der Waals surface area contributed by atoms with Crippen LogP contribution >= 0.6 is 0 Å². The summed E-state index contributed by atoms with van der Waals surface area (Å²) in [7, 11) is 0. The summed E-state index contributed by atoms with van der Waals surface area (Å²) in [6, 6.07) is 0. The van der Waals surface area contributed by atoms with Crippen LogP contribution in [0.3, 0.4) is 0 Å². The summed E-state index contributed by atoms with van der Waals surface area (Å²) in [5, 5.41) is 0. The molecule has 0 saturated heterocycles. The maximum atomic E-state index is 2.31. The van der Waals surface area contributed by atoms with E-state index in [9.17, 15) is 0 Å². The summed E-state index contributed by atoms with van der Waals surface area (Å²) in [6.07, 6.45) is 12.4. The van der Waals surface area contributed by atoms with Gasteiger partial charge in [0.1, 0.15) is 0 Å². The average Bonchev–Trinajstić information content (AvgIpc) is 2.33. The molecule has 0 spiro atoms. The zero-order valence-corrected chi connectivity index (χ0v) is 6.64. The fraction of sp³-hybridized carbons (Fsp3) is 0.556. The second kappa shape index (κ2) is 3.46. The van der Waals surface area contributed by atoms with Gasteiger partial charge in [0, 0.05) is 18.9 Å². The van der Waals surface area contributed by atoms with Crippen molar-refractivity contribution in [3.05, 3.63) is 23.8 Å². The molecule has 1 heteroatoms. The molecular formula is C9H12Li. The van der Waals surface area contributed by atoms with Crippen LogP contribution < -0.4 is 0 Å². The maximum absolute atomic E-state index is 2.31. The van der Waals surface area contributed by atoms with E-state index in [0.717, 1.165) is 5.92 Å². The van der Waals surface area contributed by atoms with E-state index in [4.69, 9.17) is 0 Å². The molecule has 0 N–H and O–H groups in total. The number of fused-ring (bicyclic) bond motifs is 1. The molecule has 0 aromatic heterocycles. The first-order chi connectivity index (χ1) is 4.47. The molecule has 0 amide bonds. The molecule has 0 aromatic rings. The van der Waals surface area contributed by atoms with Crippen molar-refractivity contribution in [1.82, 2.24) is 0 Å². The molecule has 1 fully saturated rings. The van der Waals surface area contributed by atoms with Crippen molar-refractivity contribution >= 4 is 18.9 Å². The van der Waals surface area contributed by atoms with Crippen LogP contribution in [0.1, 0.15) is 25.7 Å². The summed E-state index contributed by atoms with van der Waals surface area (Å²) >= 11 is 0. The molecule has 0 heterocycles. The van der Waals surface area contributed by atoms with Gasteiger partial charge in [0.2, 0.25) is 0 Å². The van der Waals surface area contributed by atoms with Crippen LogP contribution in [0.2, 0.25) is 0 Å². The number of hydrogen-bond acceptors (Lipinski definition) is 0. The predicted octanol–water partition coefficient (Wildman–Crippen LogP) is 2.29. The van der Waals surface area contributed by atoms with Crippen molar-refractivity contribution < 1.29 is 0 Å².